The molecule has 0 saturated heterocycles. The van der Waals surface area contributed by atoms with Crippen molar-refractivity contribution >= 4 is 16.8 Å². The average Bonchev–Trinajstić information content (AvgIpc) is 2.73. The van der Waals surface area contributed by atoms with Crippen molar-refractivity contribution in [3.8, 4) is 5.75 Å². The lowest BCUT2D eigenvalue weighted by Crippen LogP contribution is -2.35. The Balaban J connectivity index is 1.61. The minimum atomic E-state index is -0.244. The monoisotopic (exact) mass is 395 g/mol. The second-order valence-electron chi connectivity index (χ2n) is 6.94. The molecule has 152 valence electrons. The Kier molecular flexibility index (Phi) is 6.56. The molecular weight excluding hydrogens is 370 g/mol. The van der Waals surface area contributed by atoms with E-state index in [2.05, 4.69) is 15.6 Å². The third-order valence-electron chi connectivity index (χ3n) is 4.77. The highest BCUT2D eigenvalue weighted by Gasteiger charge is 2.16. The van der Waals surface area contributed by atoms with E-state index in [1.165, 1.54) is 4.68 Å². The van der Waals surface area contributed by atoms with Crippen molar-refractivity contribution in [2.75, 3.05) is 27.7 Å². The Morgan fingerprint density at radius 3 is 2.76 bits per heavy atom. The van der Waals surface area contributed by atoms with Crippen LogP contribution in [0, 0.1) is 0 Å². The van der Waals surface area contributed by atoms with E-state index in [1.54, 1.807) is 31.4 Å². The molecule has 0 radical (unpaired) electrons. The summed E-state index contributed by atoms with van der Waals surface area (Å²) in [6.45, 7) is 0.617. The van der Waals surface area contributed by atoms with Crippen LogP contribution in [0.4, 0.5) is 0 Å². The molecule has 8 heteroatoms. The Morgan fingerprint density at radius 2 is 2.00 bits per heavy atom. The number of carbonyl (C=O) groups excluding carboxylic acids is 1. The lowest BCUT2D eigenvalue weighted by molar-refractivity contribution is -0.121. The number of hydrogen-bond acceptors (Lipinski definition) is 6. The highest BCUT2D eigenvalue weighted by Crippen LogP contribution is 2.22. The quantitative estimate of drug-likeness (QED) is 0.623. The van der Waals surface area contributed by atoms with E-state index < -0.39 is 0 Å². The van der Waals surface area contributed by atoms with Gasteiger partial charge in [-0.1, -0.05) is 29.5 Å². The number of hydrogen-bond donors (Lipinski definition) is 1. The molecule has 0 bridgehead atoms. The van der Waals surface area contributed by atoms with Crippen molar-refractivity contribution in [3.63, 3.8) is 0 Å². The van der Waals surface area contributed by atoms with Gasteiger partial charge in [0.1, 0.15) is 11.3 Å². The molecule has 1 unspecified atom stereocenters. The average molecular weight is 395 g/mol. The van der Waals surface area contributed by atoms with E-state index >= 15 is 0 Å². The molecule has 2 aromatic carbocycles. The fourth-order valence-corrected chi connectivity index (χ4v) is 3.12. The van der Waals surface area contributed by atoms with Gasteiger partial charge in [-0.3, -0.25) is 9.59 Å². The third kappa shape index (κ3) is 4.97. The number of nitrogens with zero attached hydrogens (tertiary/aromatic N) is 4. The summed E-state index contributed by atoms with van der Waals surface area (Å²) in [6.07, 6.45) is 0.144. The van der Waals surface area contributed by atoms with Crippen LogP contribution in [0.25, 0.3) is 10.9 Å². The normalized spacial score (nSPS) is 12.1. The van der Waals surface area contributed by atoms with Crippen LogP contribution in [0.3, 0.4) is 0 Å². The smallest absolute Gasteiger partial charge is 0.277 e. The molecule has 0 fully saturated rings. The van der Waals surface area contributed by atoms with E-state index in [0.29, 0.717) is 17.4 Å². The number of benzene rings is 2. The van der Waals surface area contributed by atoms with Crippen molar-refractivity contribution in [2.24, 2.45) is 0 Å². The summed E-state index contributed by atoms with van der Waals surface area (Å²) >= 11 is 0. The maximum atomic E-state index is 12.5. The van der Waals surface area contributed by atoms with E-state index in [0.717, 1.165) is 11.3 Å². The number of aromatic nitrogens is 3. The summed E-state index contributed by atoms with van der Waals surface area (Å²) in [4.78, 5) is 26.8. The van der Waals surface area contributed by atoms with Crippen LogP contribution >= 0.6 is 0 Å². The van der Waals surface area contributed by atoms with Gasteiger partial charge < -0.3 is 15.0 Å². The van der Waals surface area contributed by atoms with E-state index in [9.17, 15) is 9.59 Å². The van der Waals surface area contributed by atoms with E-state index in [-0.39, 0.29) is 30.5 Å². The van der Waals surface area contributed by atoms with Crippen LogP contribution in [0.1, 0.15) is 18.0 Å². The number of carbonyl (C=O) groups is 1. The Morgan fingerprint density at radius 1 is 1.21 bits per heavy atom. The fraction of sp³-hybridized carbons (Fsp3) is 0.333. The molecule has 3 rings (SSSR count). The highest BCUT2D eigenvalue weighted by atomic mass is 16.5. The summed E-state index contributed by atoms with van der Waals surface area (Å²) in [7, 11) is 5.55. The topological polar surface area (TPSA) is 89.3 Å². The minimum Gasteiger partial charge on any atom is -0.497 e. The van der Waals surface area contributed by atoms with Crippen molar-refractivity contribution < 1.29 is 9.53 Å². The zero-order valence-corrected chi connectivity index (χ0v) is 16.8. The number of ether oxygens (including phenoxy) is 1. The third-order valence-corrected chi connectivity index (χ3v) is 4.77. The van der Waals surface area contributed by atoms with Crippen LogP contribution in [-0.4, -0.2) is 53.6 Å². The summed E-state index contributed by atoms with van der Waals surface area (Å²) in [5.74, 6) is 0.622. The van der Waals surface area contributed by atoms with Crippen LogP contribution in [0.15, 0.2) is 53.3 Å². The van der Waals surface area contributed by atoms with Crippen molar-refractivity contribution in [1.82, 2.24) is 25.2 Å². The van der Waals surface area contributed by atoms with E-state index in [1.807, 2.05) is 43.3 Å². The molecule has 0 saturated carbocycles. The largest absolute Gasteiger partial charge is 0.497 e. The second kappa shape index (κ2) is 9.29. The molecule has 1 amide bonds. The molecule has 1 atom stereocenters. The summed E-state index contributed by atoms with van der Waals surface area (Å²) in [5.41, 5.74) is 1.35. The molecule has 8 nitrogen and oxygen atoms in total. The van der Waals surface area contributed by atoms with Gasteiger partial charge in [0, 0.05) is 13.0 Å². The van der Waals surface area contributed by atoms with Gasteiger partial charge in [-0.05, 0) is 43.9 Å². The zero-order valence-electron chi connectivity index (χ0n) is 16.8. The van der Waals surface area contributed by atoms with Crippen LogP contribution in [0.2, 0.25) is 0 Å². The molecule has 0 spiro atoms. The van der Waals surface area contributed by atoms with Gasteiger partial charge in [0.25, 0.3) is 5.56 Å². The van der Waals surface area contributed by atoms with Gasteiger partial charge in [0.05, 0.1) is 25.1 Å². The molecule has 0 aliphatic rings. The number of rotatable bonds is 8. The molecule has 1 N–H and O–H groups in total. The first kappa shape index (κ1) is 20.5. The SMILES string of the molecule is COc1cccc(C(CNC(=O)CCn2nnc3ccccc3c2=O)N(C)C)c1. The lowest BCUT2D eigenvalue weighted by atomic mass is 10.1. The molecular formula is C21H25N5O3. The molecule has 29 heavy (non-hydrogen) atoms. The summed E-state index contributed by atoms with van der Waals surface area (Å²) < 4.78 is 6.52. The summed E-state index contributed by atoms with van der Waals surface area (Å²) in [6, 6.07) is 14.8. The first-order valence-electron chi connectivity index (χ1n) is 9.39. The van der Waals surface area contributed by atoms with Gasteiger partial charge in [-0.2, -0.15) is 0 Å². The molecule has 1 aromatic heterocycles. The molecule has 1 heterocycles. The van der Waals surface area contributed by atoms with Crippen molar-refractivity contribution in [2.45, 2.75) is 19.0 Å². The number of aryl methyl sites for hydroxylation is 1. The van der Waals surface area contributed by atoms with Gasteiger partial charge in [-0.15, -0.1) is 5.10 Å². The van der Waals surface area contributed by atoms with Gasteiger partial charge in [0.2, 0.25) is 5.91 Å². The Bertz CT molecular complexity index is 1050. The first-order chi connectivity index (χ1) is 14.0. The predicted molar refractivity (Wildman–Crippen MR) is 111 cm³/mol. The first-order valence-corrected chi connectivity index (χ1v) is 9.39. The molecule has 3 aromatic rings. The fourth-order valence-electron chi connectivity index (χ4n) is 3.12. The number of nitrogens with one attached hydrogen (secondary N) is 1. The molecule has 0 aliphatic carbocycles. The summed E-state index contributed by atoms with van der Waals surface area (Å²) in [5, 5.41) is 11.4. The Hall–Kier alpha value is -3.26. The lowest BCUT2D eigenvalue weighted by Gasteiger charge is -2.25. The number of likely N-dealkylation sites (N-methyl/N-ethyl adjacent to an activating group) is 1. The predicted octanol–water partition coefficient (Wildman–Crippen LogP) is 1.61. The maximum absolute atomic E-state index is 12.5. The van der Waals surface area contributed by atoms with Crippen LogP contribution in [-0.2, 0) is 11.3 Å². The standard InChI is InChI=1S/C21H25N5O3/c1-25(2)19(15-7-6-8-16(13-15)29-3)14-22-20(27)11-12-26-21(28)17-9-4-5-10-18(17)23-24-26/h4-10,13,19H,11-12,14H2,1-3H3,(H,22,27). The van der Waals surface area contributed by atoms with Gasteiger partial charge >= 0.3 is 0 Å². The minimum absolute atomic E-state index is 0.00256. The zero-order chi connectivity index (χ0) is 20.8. The molecule has 0 aliphatic heterocycles. The maximum Gasteiger partial charge on any atom is 0.277 e. The van der Waals surface area contributed by atoms with Gasteiger partial charge in [0.15, 0.2) is 0 Å². The van der Waals surface area contributed by atoms with Crippen LogP contribution < -0.4 is 15.6 Å². The van der Waals surface area contributed by atoms with Crippen molar-refractivity contribution in [1.29, 1.82) is 0 Å². The highest BCUT2D eigenvalue weighted by molar-refractivity contribution is 5.77. The van der Waals surface area contributed by atoms with Crippen LogP contribution in [0.5, 0.6) is 5.75 Å². The number of fused-ring (bicyclic) bond motifs is 1. The van der Waals surface area contributed by atoms with E-state index in [4.69, 9.17) is 4.74 Å². The second-order valence-corrected chi connectivity index (χ2v) is 6.94. The number of amides is 1. The Labute approximate surface area is 169 Å². The van der Waals surface area contributed by atoms with Crippen molar-refractivity contribution in [3.05, 3.63) is 64.4 Å². The number of methoxy groups -OCH3 is 1. The van der Waals surface area contributed by atoms with Gasteiger partial charge in [-0.25, -0.2) is 4.68 Å².